The minimum Gasteiger partial charge on any atom is -0.256 e. The van der Waals surface area contributed by atoms with E-state index in [1.165, 1.54) is 6.07 Å². The summed E-state index contributed by atoms with van der Waals surface area (Å²) in [5, 5.41) is 0. The van der Waals surface area contributed by atoms with Crippen LogP contribution in [0.3, 0.4) is 0 Å². The Morgan fingerprint density at radius 3 is 2.56 bits per heavy atom. The van der Waals surface area contributed by atoms with Gasteiger partial charge in [0.05, 0.1) is 5.69 Å². The zero-order chi connectivity index (χ0) is 11.5. The number of rotatable bonds is 2. The van der Waals surface area contributed by atoms with Crippen LogP contribution in [-0.4, -0.2) is 4.98 Å². The zero-order valence-corrected chi connectivity index (χ0v) is 8.82. The molecule has 3 heteroatoms. The van der Waals surface area contributed by atoms with Crippen molar-refractivity contribution in [3.63, 3.8) is 0 Å². The van der Waals surface area contributed by atoms with Gasteiger partial charge in [-0.15, -0.1) is 0 Å². The van der Waals surface area contributed by atoms with E-state index in [0.717, 1.165) is 5.56 Å². The smallest absolute Gasteiger partial charge is 0.256 e. The van der Waals surface area contributed by atoms with Gasteiger partial charge in [0.15, 0.2) is 0 Å². The molecule has 0 bridgehead atoms. The quantitative estimate of drug-likeness (QED) is 0.744. The lowest BCUT2D eigenvalue weighted by Gasteiger charge is -2.09. The molecule has 2 aromatic rings. The standard InChI is InChI=1S/C13H11F2N/c1-9-5-6-10(13(14)15)11(8-9)12-4-2-3-7-16-12/h2-8,13H,1H3. The minimum absolute atomic E-state index is 0.0318. The lowest BCUT2D eigenvalue weighted by molar-refractivity contribution is 0.152. The van der Waals surface area contributed by atoms with Crippen molar-refractivity contribution >= 4 is 0 Å². The van der Waals surface area contributed by atoms with Crippen LogP contribution >= 0.6 is 0 Å². The van der Waals surface area contributed by atoms with Gasteiger partial charge in [-0.2, -0.15) is 0 Å². The number of hydrogen-bond acceptors (Lipinski definition) is 1. The first kappa shape index (κ1) is 10.7. The highest BCUT2D eigenvalue weighted by Gasteiger charge is 2.14. The van der Waals surface area contributed by atoms with Gasteiger partial charge < -0.3 is 0 Å². The molecule has 0 fully saturated rings. The summed E-state index contributed by atoms with van der Waals surface area (Å²) in [6.45, 7) is 1.88. The molecule has 1 aromatic heterocycles. The maximum atomic E-state index is 12.8. The van der Waals surface area contributed by atoms with E-state index >= 15 is 0 Å². The summed E-state index contributed by atoms with van der Waals surface area (Å²) in [6, 6.07) is 10.2. The van der Waals surface area contributed by atoms with Crippen LogP contribution < -0.4 is 0 Å². The summed E-state index contributed by atoms with van der Waals surface area (Å²) in [7, 11) is 0. The highest BCUT2D eigenvalue weighted by atomic mass is 19.3. The second kappa shape index (κ2) is 4.39. The van der Waals surface area contributed by atoms with Gasteiger partial charge in [0.1, 0.15) is 0 Å². The summed E-state index contributed by atoms with van der Waals surface area (Å²) in [5.41, 5.74) is 2.08. The predicted octanol–water partition coefficient (Wildman–Crippen LogP) is 3.99. The molecule has 0 unspecified atom stereocenters. The van der Waals surface area contributed by atoms with Crippen molar-refractivity contribution in [1.29, 1.82) is 0 Å². The second-order valence-electron chi connectivity index (χ2n) is 3.61. The molecule has 0 amide bonds. The lowest BCUT2D eigenvalue weighted by Crippen LogP contribution is -1.92. The van der Waals surface area contributed by atoms with Gasteiger partial charge in [0, 0.05) is 17.3 Å². The van der Waals surface area contributed by atoms with E-state index in [0.29, 0.717) is 11.3 Å². The van der Waals surface area contributed by atoms with Crippen LogP contribution in [0.2, 0.25) is 0 Å². The Balaban J connectivity index is 2.58. The Labute approximate surface area is 92.8 Å². The Kier molecular flexibility index (Phi) is 2.95. The van der Waals surface area contributed by atoms with E-state index in [1.54, 1.807) is 36.5 Å². The van der Waals surface area contributed by atoms with Gasteiger partial charge in [0.25, 0.3) is 6.43 Å². The van der Waals surface area contributed by atoms with Crippen LogP contribution in [0.4, 0.5) is 8.78 Å². The molecule has 0 spiro atoms. The minimum atomic E-state index is -2.47. The Hall–Kier alpha value is -1.77. The molecule has 0 saturated heterocycles. The molecule has 82 valence electrons. The Morgan fingerprint density at radius 1 is 1.12 bits per heavy atom. The van der Waals surface area contributed by atoms with E-state index in [2.05, 4.69) is 4.98 Å². The average molecular weight is 219 g/mol. The van der Waals surface area contributed by atoms with Crippen molar-refractivity contribution < 1.29 is 8.78 Å². The summed E-state index contributed by atoms with van der Waals surface area (Å²) in [5.74, 6) is 0. The van der Waals surface area contributed by atoms with E-state index < -0.39 is 6.43 Å². The molecule has 1 heterocycles. The maximum absolute atomic E-state index is 12.8. The molecule has 0 aliphatic heterocycles. The molecule has 0 aliphatic carbocycles. The second-order valence-corrected chi connectivity index (χ2v) is 3.61. The Morgan fingerprint density at radius 2 is 1.94 bits per heavy atom. The average Bonchev–Trinajstić information content (AvgIpc) is 2.29. The fraction of sp³-hybridized carbons (Fsp3) is 0.154. The van der Waals surface area contributed by atoms with E-state index in [4.69, 9.17) is 0 Å². The molecular formula is C13H11F2N. The SMILES string of the molecule is Cc1ccc(C(F)F)c(-c2ccccn2)c1. The normalized spacial score (nSPS) is 10.8. The molecule has 2 rings (SSSR count). The van der Waals surface area contributed by atoms with Crippen LogP contribution in [-0.2, 0) is 0 Å². The van der Waals surface area contributed by atoms with Crippen LogP contribution in [0.1, 0.15) is 17.6 Å². The van der Waals surface area contributed by atoms with Gasteiger partial charge in [0.2, 0.25) is 0 Å². The van der Waals surface area contributed by atoms with E-state index in [9.17, 15) is 8.78 Å². The number of alkyl halides is 2. The number of aromatic nitrogens is 1. The molecule has 1 aromatic carbocycles. The number of benzene rings is 1. The van der Waals surface area contributed by atoms with Crippen LogP contribution in [0.15, 0.2) is 42.6 Å². The van der Waals surface area contributed by atoms with Gasteiger partial charge in [-0.25, -0.2) is 8.78 Å². The summed E-state index contributed by atoms with van der Waals surface area (Å²) < 4.78 is 25.6. The van der Waals surface area contributed by atoms with Gasteiger partial charge in [-0.05, 0) is 25.1 Å². The monoisotopic (exact) mass is 219 g/mol. The van der Waals surface area contributed by atoms with Crippen molar-refractivity contribution in [3.05, 3.63) is 53.7 Å². The molecule has 0 aliphatic rings. The molecule has 16 heavy (non-hydrogen) atoms. The number of nitrogens with zero attached hydrogens (tertiary/aromatic N) is 1. The third kappa shape index (κ3) is 2.08. The summed E-state index contributed by atoms with van der Waals surface area (Å²) in [6.07, 6.45) is -0.870. The molecular weight excluding hydrogens is 208 g/mol. The number of hydrogen-bond donors (Lipinski definition) is 0. The fourth-order valence-electron chi connectivity index (χ4n) is 1.60. The maximum Gasteiger partial charge on any atom is 0.264 e. The third-order valence-electron chi connectivity index (χ3n) is 2.38. The number of aryl methyl sites for hydroxylation is 1. The largest absolute Gasteiger partial charge is 0.264 e. The Bertz CT molecular complexity index is 481. The van der Waals surface area contributed by atoms with E-state index in [1.807, 2.05) is 6.92 Å². The van der Waals surface area contributed by atoms with Crippen LogP contribution in [0.5, 0.6) is 0 Å². The molecule has 0 N–H and O–H groups in total. The molecule has 0 atom stereocenters. The highest BCUT2D eigenvalue weighted by Crippen LogP contribution is 2.30. The summed E-state index contributed by atoms with van der Waals surface area (Å²) in [4.78, 5) is 4.10. The molecule has 0 radical (unpaired) electrons. The van der Waals surface area contributed by atoms with Gasteiger partial charge >= 0.3 is 0 Å². The van der Waals surface area contributed by atoms with Crippen molar-refractivity contribution in [2.75, 3.05) is 0 Å². The topological polar surface area (TPSA) is 12.9 Å². The van der Waals surface area contributed by atoms with Crippen molar-refractivity contribution in [2.24, 2.45) is 0 Å². The first-order valence-corrected chi connectivity index (χ1v) is 4.98. The zero-order valence-electron chi connectivity index (χ0n) is 8.82. The van der Waals surface area contributed by atoms with Crippen molar-refractivity contribution in [1.82, 2.24) is 4.98 Å². The fourth-order valence-corrected chi connectivity index (χ4v) is 1.60. The van der Waals surface area contributed by atoms with Gasteiger partial charge in [-0.3, -0.25) is 4.98 Å². The molecule has 1 nitrogen and oxygen atoms in total. The number of halogens is 2. The molecule has 0 saturated carbocycles. The summed E-state index contributed by atoms with van der Waals surface area (Å²) >= 11 is 0. The van der Waals surface area contributed by atoms with Crippen LogP contribution in [0, 0.1) is 6.92 Å². The first-order chi connectivity index (χ1) is 7.68. The third-order valence-corrected chi connectivity index (χ3v) is 2.38. The van der Waals surface area contributed by atoms with Gasteiger partial charge in [-0.1, -0.05) is 23.8 Å². The predicted molar refractivity (Wildman–Crippen MR) is 59.4 cm³/mol. The van der Waals surface area contributed by atoms with Crippen molar-refractivity contribution in [2.45, 2.75) is 13.3 Å². The highest BCUT2D eigenvalue weighted by molar-refractivity contribution is 5.64. The first-order valence-electron chi connectivity index (χ1n) is 4.98. The van der Waals surface area contributed by atoms with Crippen molar-refractivity contribution in [3.8, 4) is 11.3 Å². The lowest BCUT2D eigenvalue weighted by atomic mass is 10.0. The van der Waals surface area contributed by atoms with E-state index in [-0.39, 0.29) is 5.56 Å². The van der Waals surface area contributed by atoms with Crippen LogP contribution in [0.25, 0.3) is 11.3 Å². The number of pyridine rings is 1.